The van der Waals surface area contributed by atoms with E-state index in [-0.39, 0.29) is 27.7 Å². The van der Waals surface area contributed by atoms with Gasteiger partial charge in [0, 0.05) is 11.6 Å². The Hall–Kier alpha value is -0.805. The van der Waals surface area contributed by atoms with E-state index < -0.39 is 15.6 Å². The first-order chi connectivity index (χ1) is 10.1. The van der Waals surface area contributed by atoms with E-state index in [0.717, 1.165) is 29.9 Å². The summed E-state index contributed by atoms with van der Waals surface area (Å²) in [4.78, 5) is 0. The van der Waals surface area contributed by atoms with E-state index in [2.05, 4.69) is 12.1 Å². The molecule has 2 radical (unpaired) electrons. The van der Waals surface area contributed by atoms with E-state index in [1.165, 1.54) is 5.56 Å². The Morgan fingerprint density at radius 2 is 1.78 bits per heavy atom. The summed E-state index contributed by atoms with van der Waals surface area (Å²) >= 11 is 0. The van der Waals surface area contributed by atoms with Crippen LogP contribution in [0.25, 0.3) is 6.08 Å². The molecule has 1 aromatic rings. The molecule has 0 unspecified atom stereocenters. The van der Waals surface area contributed by atoms with Crippen molar-refractivity contribution in [3.8, 4) is 11.5 Å². The quantitative estimate of drug-likeness (QED) is 0.329. The van der Waals surface area contributed by atoms with E-state index in [0.29, 0.717) is 0 Å². The minimum absolute atomic E-state index is 0. The Kier molecular flexibility index (Phi) is 8.57. The van der Waals surface area contributed by atoms with Crippen molar-refractivity contribution in [2.75, 3.05) is 14.2 Å². The Morgan fingerprint density at radius 3 is 2.22 bits per heavy atom. The third kappa shape index (κ3) is 6.30. The average molecular weight is 539 g/mol. The monoisotopic (exact) mass is 540 g/mol. The molecule has 0 spiro atoms. The molecule has 0 heterocycles. The van der Waals surface area contributed by atoms with Gasteiger partial charge in [-0.2, -0.15) is 13.2 Å². The molecule has 1 aliphatic carbocycles. The second kappa shape index (κ2) is 8.88. The Balaban J connectivity index is 0.000000469. The largest absolute Gasteiger partial charge is 1.00 e. The fourth-order valence-electron chi connectivity index (χ4n) is 1.69. The Labute approximate surface area is 152 Å². The molecule has 124 valence electrons. The van der Waals surface area contributed by atoms with Gasteiger partial charge in [0.05, 0.1) is 14.2 Å². The van der Waals surface area contributed by atoms with Crippen LogP contribution in [0.2, 0.25) is 0 Å². The molecule has 0 saturated carbocycles. The molecule has 5 nitrogen and oxygen atoms in total. The first-order valence-electron chi connectivity index (χ1n) is 5.93. The molecular weight excluding hydrogens is 526 g/mol. The molecule has 0 atom stereocenters. The van der Waals surface area contributed by atoms with Crippen molar-refractivity contribution in [3.05, 3.63) is 29.3 Å². The standard InChI is InChI=1S/C12H13O2.CHF3O3S.Hg/c1-13-10-7-9-5-3-4-6-11(9)12(8-10)14-2;2-1(3,4)8(5,6)7;/h6-8H,3,5H2,1-2H3;(H,5,6,7);/q;;+1/p-1. The zero-order valence-corrected chi connectivity index (χ0v) is 18.8. The molecule has 2 rings (SSSR count). The van der Waals surface area contributed by atoms with Crippen LogP contribution in [0.1, 0.15) is 17.5 Å². The van der Waals surface area contributed by atoms with E-state index >= 15 is 0 Å². The fourth-order valence-corrected chi connectivity index (χ4v) is 1.69. The van der Waals surface area contributed by atoms with Crippen molar-refractivity contribution >= 4 is 16.2 Å². The van der Waals surface area contributed by atoms with Gasteiger partial charge in [-0.15, -0.1) is 0 Å². The van der Waals surface area contributed by atoms with E-state index in [1.807, 2.05) is 12.1 Å². The van der Waals surface area contributed by atoms with Crippen molar-refractivity contribution in [3.63, 3.8) is 0 Å². The molecule has 1 aliphatic rings. The number of aryl methyl sites for hydroxylation is 1. The Bertz CT molecular complexity index is 656. The molecule has 10 heteroatoms. The smallest absolute Gasteiger partial charge is 0.741 e. The van der Waals surface area contributed by atoms with Crippen LogP contribution in [0.5, 0.6) is 11.5 Å². The van der Waals surface area contributed by atoms with Gasteiger partial charge in [-0.3, -0.25) is 0 Å². The predicted molar refractivity (Wildman–Crippen MR) is 71.3 cm³/mol. The number of benzene rings is 1. The van der Waals surface area contributed by atoms with Gasteiger partial charge >= 0.3 is 33.2 Å². The number of fused-ring (bicyclic) bond motifs is 1. The molecule has 0 fully saturated rings. The van der Waals surface area contributed by atoms with Gasteiger partial charge in [0.1, 0.15) is 11.5 Å². The number of hydrogen-bond acceptors (Lipinski definition) is 5. The van der Waals surface area contributed by atoms with E-state index in [1.54, 1.807) is 14.2 Å². The van der Waals surface area contributed by atoms with Crippen molar-refractivity contribution in [2.45, 2.75) is 18.3 Å². The van der Waals surface area contributed by atoms with E-state index in [4.69, 9.17) is 22.4 Å². The van der Waals surface area contributed by atoms with Crippen molar-refractivity contribution in [1.82, 2.24) is 0 Å². The van der Waals surface area contributed by atoms with E-state index in [9.17, 15) is 13.2 Å². The summed E-state index contributed by atoms with van der Waals surface area (Å²) in [5.74, 6) is 1.72. The number of allylic oxidation sites excluding steroid dienone is 1. The summed E-state index contributed by atoms with van der Waals surface area (Å²) in [6.07, 6.45) is 7.19. The number of methoxy groups -OCH3 is 2. The van der Waals surface area contributed by atoms with Crippen LogP contribution in [-0.2, 0) is 44.2 Å². The maximum atomic E-state index is 10.7. The molecule has 1 aromatic carbocycles. The van der Waals surface area contributed by atoms with Gasteiger partial charge < -0.3 is 14.0 Å². The van der Waals surface area contributed by atoms with Crippen LogP contribution >= 0.6 is 0 Å². The molecular formula is C13H13F3HgO5S. The zero-order chi connectivity index (χ0) is 17.0. The predicted octanol–water partition coefficient (Wildman–Crippen LogP) is 2.52. The number of rotatable bonds is 2. The third-order valence-corrected chi connectivity index (χ3v) is 3.29. The van der Waals surface area contributed by atoms with Crippen molar-refractivity contribution < 1.29 is 63.3 Å². The summed E-state index contributed by atoms with van der Waals surface area (Å²) in [6.45, 7) is 0. The molecule has 0 amide bonds. The summed E-state index contributed by atoms with van der Waals surface area (Å²) in [5, 5.41) is 0. The van der Waals surface area contributed by atoms with Crippen LogP contribution in [0.15, 0.2) is 12.1 Å². The first-order valence-corrected chi connectivity index (χ1v) is 7.34. The van der Waals surface area contributed by atoms with Crippen LogP contribution in [0, 0.1) is 6.08 Å². The SMILES string of the molecule is COc1cc2c(c(OC)c1)C=[C]CC2.O=S(=O)([O-])C(F)(F)F.[Hg+]. The number of hydrogen-bond donors (Lipinski definition) is 0. The van der Waals surface area contributed by atoms with Crippen molar-refractivity contribution in [2.24, 2.45) is 0 Å². The Morgan fingerprint density at radius 1 is 1.22 bits per heavy atom. The molecule has 0 saturated heterocycles. The van der Waals surface area contributed by atoms with Crippen molar-refractivity contribution in [1.29, 1.82) is 0 Å². The third-order valence-electron chi connectivity index (χ3n) is 2.73. The minimum Gasteiger partial charge on any atom is -0.741 e. The maximum absolute atomic E-state index is 10.7. The van der Waals surface area contributed by atoms with Crippen LogP contribution in [0.4, 0.5) is 13.2 Å². The molecule has 0 bridgehead atoms. The molecule has 0 N–H and O–H groups in total. The van der Waals surface area contributed by atoms with Gasteiger partial charge in [-0.1, -0.05) is 0 Å². The first kappa shape index (κ1) is 22.2. The molecule has 0 aromatic heterocycles. The number of ether oxygens (including phenoxy) is 2. The van der Waals surface area contributed by atoms with Gasteiger partial charge in [-0.25, -0.2) is 8.42 Å². The molecule has 0 aliphatic heterocycles. The van der Waals surface area contributed by atoms with Gasteiger partial charge in [0.25, 0.3) is 0 Å². The fraction of sp³-hybridized carbons (Fsp3) is 0.385. The second-order valence-electron chi connectivity index (χ2n) is 4.15. The second-order valence-corrected chi connectivity index (χ2v) is 5.52. The number of alkyl halides is 3. The van der Waals surface area contributed by atoms with Crippen LogP contribution < -0.4 is 9.47 Å². The normalized spacial score (nSPS) is 13.1. The average Bonchev–Trinajstić information content (AvgIpc) is 2.44. The van der Waals surface area contributed by atoms with Crippen LogP contribution in [-0.4, -0.2) is 32.7 Å². The van der Waals surface area contributed by atoms with Crippen LogP contribution in [0.3, 0.4) is 0 Å². The summed E-state index contributed by atoms with van der Waals surface area (Å²) in [7, 11) is -2.74. The number of halogens is 3. The minimum atomic E-state index is -6.09. The summed E-state index contributed by atoms with van der Waals surface area (Å²) in [5.41, 5.74) is -3.23. The van der Waals surface area contributed by atoms with Gasteiger partial charge in [0.15, 0.2) is 10.1 Å². The summed E-state index contributed by atoms with van der Waals surface area (Å²) in [6, 6.07) is 3.97. The maximum Gasteiger partial charge on any atom is 1.00 e. The molecule has 23 heavy (non-hydrogen) atoms. The zero-order valence-electron chi connectivity index (χ0n) is 12.4. The summed E-state index contributed by atoms with van der Waals surface area (Å²) < 4.78 is 69.4. The van der Waals surface area contributed by atoms with Gasteiger partial charge in [-0.05, 0) is 36.6 Å². The van der Waals surface area contributed by atoms with Gasteiger partial charge in [0.2, 0.25) is 0 Å². The topological polar surface area (TPSA) is 75.7 Å².